The first kappa shape index (κ1) is 11.0. The number of rotatable bonds is 1. The predicted octanol–water partition coefficient (Wildman–Crippen LogP) is 2.38. The lowest BCUT2D eigenvalue weighted by Crippen LogP contribution is -2.17. The molecule has 0 amide bonds. The first-order valence-electron chi connectivity index (χ1n) is 5.47. The van der Waals surface area contributed by atoms with Crippen LogP contribution in [0.1, 0.15) is 0 Å². The van der Waals surface area contributed by atoms with E-state index in [1.165, 1.54) is 6.07 Å². The van der Waals surface area contributed by atoms with Crippen molar-refractivity contribution in [1.82, 2.24) is 14.3 Å². The predicted molar refractivity (Wildman–Crippen MR) is 71.3 cm³/mol. The van der Waals surface area contributed by atoms with Gasteiger partial charge in [0.05, 0.1) is 16.9 Å². The Morgan fingerprint density at radius 3 is 2.72 bits per heavy atom. The molecule has 3 aromatic rings. The molecule has 0 fully saturated rings. The number of fused-ring (bicyclic) bond motifs is 1. The van der Waals surface area contributed by atoms with Crippen LogP contribution in [-0.4, -0.2) is 14.3 Å². The maximum absolute atomic E-state index is 11.7. The quantitative estimate of drug-likeness (QED) is 0.673. The van der Waals surface area contributed by atoms with Gasteiger partial charge in [-0.3, -0.25) is 9.36 Å². The summed E-state index contributed by atoms with van der Waals surface area (Å²) in [6, 6.07) is 10.7. The van der Waals surface area contributed by atoms with E-state index in [1.54, 1.807) is 34.6 Å². The lowest BCUT2D eigenvalue weighted by Gasteiger charge is -2.08. The molecule has 0 saturated carbocycles. The molecule has 4 nitrogen and oxygen atoms in total. The Bertz CT molecular complexity index is 788. The summed E-state index contributed by atoms with van der Waals surface area (Å²) in [5.41, 5.74) is 1.42. The molecule has 3 rings (SSSR count). The standard InChI is InChI=1S/C13H10ClN3O/c1-16-12(18)7-6-9-8-15-17(13(9)16)11-5-3-2-4-10(11)14/h2-8H,1H3. The number of hydrogen-bond donors (Lipinski definition) is 0. The van der Waals surface area contributed by atoms with E-state index in [4.69, 9.17) is 11.6 Å². The van der Waals surface area contributed by atoms with Crippen molar-refractivity contribution in [2.45, 2.75) is 0 Å². The van der Waals surface area contributed by atoms with E-state index >= 15 is 0 Å². The number of aromatic nitrogens is 3. The highest BCUT2D eigenvalue weighted by molar-refractivity contribution is 6.32. The minimum atomic E-state index is -0.0729. The summed E-state index contributed by atoms with van der Waals surface area (Å²) >= 11 is 6.16. The Morgan fingerprint density at radius 1 is 1.17 bits per heavy atom. The summed E-state index contributed by atoms with van der Waals surface area (Å²) in [5, 5.41) is 5.80. The van der Waals surface area contributed by atoms with E-state index < -0.39 is 0 Å². The monoisotopic (exact) mass is 259 g/mol. The minimum Gasteiger partial charge on any atom is -0.296 e. The molecule has 0 bridgehead atoms. The fourth-order valence-corrected chi connectivity index (χ4v) is 2.20. The number of hydrogen-bond acceptors (Lipinski definition) is 2. The van der Waals surface area contributed by atoms with Crippen molar-refractivity contribution in [2.75, 3.05) is 0 Å². The number of nitrogens with zero attached hydrogens (tertiary/aromatic N) is 3. The third-order valence-corrected chi connectivity index (χ3v) is 3.23. The van der Waals surface area contributed by atoms with E-state index in [9.17, 15) is 4.79 Å². The largest absolute Gasteiger partial charge is 0.296 e. The molecule has 2 aromatic heterocycles. The van der Waals surface area contributed by atoms with Crippen LogP contribution in [0.3, 0.4) is 0 Å². The van der Waals surface area contributed by atoms with Gasteiger partial charge in [0, 0.05) is 18.5 Å². The van der Waals surface area contributed by atoms with E-state index in [2.05, 4.69) is 5.10 Å². The fraction of sp³-hybridized carbons (Fsp3) is 0.0769. The van der Waals surface area contributed by atoms with Gasteiger partial charge in [-0.1, -0.05) is 23.7 Å². The summed E-state index contributed by atoms with van der Waals surface area (Å²) in [6.07, 6.45) is 1.72. The molecule has 18 heavy (non-hydrogen) atoms. The maximum Gasteiger partial charge on any atom is 0.251 e. The summed E-state index contributed by atoms with van der Waals surface area (Å²) < 4.78 is 3.24. The molecule has 0 N–H and O–H groups in total. The number of benzene rings is 1. The number of para-hydroxylation sites is 1. The molecular formula is C13H10ClN3O. The van der Waals surface area contributed by atoms with Crippen molar-refractivity contribution in [3.63, 3.8) is 0 Å². The average Bonchev–Trinajstić information content (AvgIpc) is 2.79. The average molecular weight is 260 g/mol. The van der Waals surface area contributed by atoms with Gasteiger partial charge >= 0.3 is 0 Å². The SMILES string of the molecule is Cn1c(=O)ccc2cnn(-c3ccccc3Cl)c21. The molecule has 0 aliphatic carbocycles. The van der Waals surface area contributed by atoms with Gasteiger partial charge in [-0.05, 0) is 18.2 Å². The number of pyridine rings is 1. The van der Waals surface area contributed by atoms with Crippen LogP contribution < -0.4 is 5.56 Å². The minimum absolute atomic E-state index is 0.0729. The van der Waals surface area contributed by atoms with Gasteiger partial charge in [-0.25, -0.2) is 4.68 Å². The molecule has 0 atom stereocenters. The van der Waals surface area contributed by atoms with E-state index in [0.717, 1.165) is 16.7 Å². The zero-order chi connectivity index (χ0) is 12.7. The second-order valence-corrected chi connectivity index (χ2v) is 4.42. The summed E-state index contributed by atoms with van der Waals surface area (Å²) in [7, 11) is 1.72. The topological polar surface area (TPSA) is 39.8 Å². The van der Waals surface area contributed by atoms with Crippen LogP contribution in [0.15, 0.2) is 47.4 Å². The van der Waals surface area contributed by atoms with Gasteiger partial charge in [0.15, 0.2) is 0 Å². The number of aryl methyl sites for hydroxylation is 1. The molecular weight excluding hydrogens is 250 g/mol. The summed E-state index contributed by atoms with van der Waals surface area (Å²) in [5.74, 6) is 0. The maximum atomic E-state index is 11.7. The van der Waals surface area contributed by atoms with E-state index in [0.29, 0.717) is 5.02 Å². The van der Waals surface area contributed by atoms with Crippen LogP contribution in [0.25, 0.3) is 16.7 Å². The van der Waals surface area contributed by atoms with Crippen LogP contribution in [0.2, 0.25) is 5.02 Å². The summed E-state index contributed by atoms with van der Waals surface area (Å²) in [6.45, 7) is 0. The van der Waals surface area contributed by atoms with Crippen molar-refractivity contribution in [3.05, 3.63) is 58.0 Å². The van der Waals surface area contributed by atoms with Gasteiger partial charge in [0.1, 0.15) is 5.65 Å². The third kappa shape index (κ3) is 1.54. The number of halogens is 1. The van der Waals surface area contributed by atoms with Gasteiger partial charge in [0.2, 0.25) is 0 Å². The first-order chi connectivity index (χ1) is 8.68. The van der Waals surface area contributed by atoms with Crippen molar-refractivity contribution in [3.8, 4) is 5.69 Å². The van der Waals surface area contributed by atoms with Crippen molar-refractivity contribution in [1.29, 1.82) is 0 Å². The lowest BCUT2D eigenvalue weighted by molar-refractivity contribution is 0.819. The smallest absolute Gasteiger partial charge is 0.251 e. The van der Waals surface area contributed by atoms with Gasteiger partial charge in [0.25, 0.3) is 5.56 Å². The molecule has 2 heterocycles. The highest BCUT2D eigenvalue weighted by Crippen LogP contribution is 2.22. The second-order valence-electron chi connectivity index (χ2n) is 4.02. The van der Waals surface area contributed by atoms with E-state index in [1.807, 2.05) is 18.2 Å². The zero-order valence-corrected chi connectivity index (χ0v) is 10.4. The van der Waals surface area contributed by atoms with Crippen LogP contribution in [0.4, 0.5) is 0 Å². The molecule has 0 unspecified atom stereocenters. The Kier molecular flexibility index (Phi) is 2.45. The molecule has 1 aromatic carbocycles. The Labute approximate surface area is 108 Å². The van der Waals surface area contributed by atoms with Crippen molar-refractivity contribution < 1.29 is 0 Å². The molecule has 0 saturated heterocycles. The molecule has 0 aliphatic heterocycles. The van der Waals surface area contributed by atoms with Crippen LogP contribution >= 0.6 is 11.6 Å². The molecule has 0 aliphatic rings. The van der Waals surface area contributed by atoms with Crippen LogP contribution in [0.5, 0.6) is 0 Å². The Hall–Kier alpha value is -2.07. The zero-order valence-electron chi connectivity index (χ0n) is 9.67. The van der Waals surface area contributed by atoms with Crippen LogP contribution in [0, 0.1) is 0 Å². The molecule has 0 spiro atoms. The van der Waals surface area contributed by atoms with Crippen molar-refractivity contribution >= 4 is 22.6 Å². The Balaban J connectivity index is 2.41. The first-order valence-corrected chi connectivity index (χ1v) is 5.85. The third-order valence-electron chi connectivity index (χ3n) is 2.91. The van der Waals surface area contributed by atoms with Crippen LogP contribution in [-0.2, 0) is 7.05 Å². The summed E-state index contributed by atoms with van der Waals surface area (Å²) in [4.78, 5) is 11.7. The molecule has 90 valence electrons. The second kappa shape index (κ2) is 3.99. The van der Waals surface area contributed by atoms with Gasteiger partial charge in [-0.2, -0.15) is 5.10 Å². The normalized spacial score (nSPS) is 11.0. The lowest BCUT2D eigenvalue weighted by atomic mass is 10.3. The highest BCUT2D eigenvalue weighted by Gasteiger charge is 2.10. The van der Waals surface area contributed by atoms with Gasteiger partial charge in [-0.15, -0.1) is 0 Å². The van der Waals surface area contributed by atoms with E-state index in [-0.39, 0.29) is 5.56 Å². The molecule has 5 heteroatoms. The molecule has 0 radical (unpaired) electrons. The van der Waals surface area contributed by atoms with Gasteiger partial charge < -0.3 is 0 Å². The Morgan fingerprint density at radius 2 is 1.94 bits per heavy atom. The van der Waals surface area contributed by atoms with Crippen molar-refractivity contribution in [2.24, 2.45) is 7.05 Å². The highest BCUT2D eigenvalue weighted by atomic mass is 35.5. The fourth-order valence-electron chi connectivity index (χ4n) is 1.98.